The molecule has 2 aromatic heterocycles. The van der Waals surface area contributed by atoms with Crippen molar-refractivity contribution in [1.29, 1.82) is 0 Å². The normalized spacial score (nSPS) is 12.0. The molecule has 7 aromatic carbocycles. The van der Waals surface area contributed by atoms with Gasteiger partial charge in [0.15, 0.2) is 0 Å². The molecule has 2 heterocycles. The summed E-state index contributed by atoms with van der Waals surface area (Å²) in [6.45, 7) is 0. The minimum absolute atomic E-state index is 1.19. The van der Waals surface area contributed by atoms with Crippen LogP contribution in [-0.2, 0) is 0 Å². The standard InChI is InChI=1S/C38H23NS/c1-2-12-28(13-3-1)39-33-21-20-27(26-19-18-24-10-4-5-11-25(24)22-26)23-32(33)35-29-14-6-7-15-30(29)38-36(37(35)39)31-16-8-9-17-34(31)40-38/h1-23H. The molecule has 9 aromatic rings. The Morgan fingerprint density at radius 1 is 0.450 bits per heavy atom. The summed E-state index contributed by atoms with van der Waals surface area (Å²) in [5.74, 6) is 0. The number of hydrogen-bond acceptors (Lipinski definition) is 1. The third-order valence-electron chi connectivity index (χ3n) is 8.34. The number of benzene rings is 7. The monoisotopic (exact) mass is 525 g/mol. The predicted molar refractivity (Wildman–Crippen MR) is 174 cm³/mol. The first-order valence-electron chi connectivity index (χ1n) is 13.7. The van der Waals surface area contributed by atoms with Crippen molar-refractivity contribution in [2.24, 2.45) is 0 Å². The molecule has 0 bridgehead atoms. The molecule has 0 aliphatic carbocycles. The molecule has 0 fully saturated rings. The Morgan fingerprint density at radius 2 is 1.12 bits per heavy atom. The van der Waals surface area contributed by atoms with Gasteiger partial charge in [-0.25, -0.2) is 0 Å². The molecule has 1 nitrogen and oxygen atoms in total. The van der Waals surface area contributed by atoms with Crippen molar-refractivity contribution < 1.29 is 0 Å². The SMILES string of the molecule is c1ccc(-n2c3ccc(-c4ccc5ccccc5c4)cc3c3c4ccccc4c4sc5ccccc5c4c32)cc1. The Hall–Kier alpha value is -4.92. The smallest absolute Gasteiger partial charge is 0.0640 e. The first kappa shape index (κ1) is 22.0. The van der Waals surface area contributed by atoms with E-state index in [1.165, 1.54) is 80.3 Å². The second kappa shape index (κ2) is 8.29. The van der Waals surface area contributed by atoms with Crippen molar-refractivity contribution in [3.63, 3.8) is 0 Å². The Bertz CT molecular complexity index is 2420. The van der Waals surface area contributed by atoms with Gasteiger partial charge >= 0.3 is 0 Å². The number of fused-ring (bicyclic) bond motifs is 11. The zero-order chi connectivity index (χ0) is 26.2. The van der Waals surface area contributed by atoms with Crippen LogP contribution in [0.5, 0.6) is 0 Å². The molecule has 0 aliphatic heterocycles. The van der Waals surface area contributed by atoms with E-state index in [1.807, 2.05) is 11.3 Å². The fraction of sp³-hybridized carbons (Fsp3) is 0. The summed E-state index contributed by atoms with van der Waals surface area (Å²) in [4.78, 5) is 0. The van der Waals surface area contributed by atoms with Crippen LogP contribution in [0.25, 0.3) is 80.3 Å². The van der Waals surface area contributed by atoms with E-state index in [-0.39, 0.29) is 0 Å². The summed E-state index contributed by atoms with van der Waals surface area (Å²) < 4.78 is 5.18. The van der Waals surface area contributed by atoms with Crippen molar-refractivity contribution >= 4 is 74.9 Å². The molecule has 0 amide bonds. The van der Waals surface area contributed by atoms with Gasteiger partial charge in [0.2, 0.25) is 0 Å². The summed E-state index contributed by atoms with van der Waals surface area (Å²) in [6, 6.07) is 51.1. The van der Waals surface area contributed by atoms with Crippen LogP contribution in [0.2, 0.25) is 0 Å². The summed E-state index contributed by atoms with van der Waals surface area (Å²) in [7, 11) is 0. The van der Waals surface area contributed by atoms with Gasteiger partial charge in [-0.1, -0.05) is 103 Å². The van der Waals surface area contributed by atoms with Gasteiger partial charge in [0.1, 0.15) is 0 Å². The first-order valence-corrected chi connectivity index (χ1v) is 14.5. The molecule has 40 heavy (non-hydrogen) atoms. The van der Waals surface area contributed by atoms with E-state index in [0.29, 0.717) is 0 Å². The summed E-state index contributed by atoms with van der Waals surface area (Å²) in [5, 5.41) is 10.5. The molecule has 0 atom stereocenters. The van der Waals surface area contributed by atoms with E-state index in [9.17, 15) is 0 Å². The van der Waals surface area contributed by atoms with Crippen LogP contribution in [0.4, 0.5) is 0 Å². The average Bonchev–Trinajstić information content (AvgIpc) is 3.57. The van der Waals surface area contributed by atoms with Crippen molar-refractivity contribution in [3.05, 3.63) is 140 Å². The lowest BCUT2D eigenvalue weighted by molar-refractivity contribution is 1.19. The van der Waals surface area contributed by atoms with Crippen molar-refractivity contribution in [1.82, 2.24) is 4.57 Å². The van der Waals surface area contributed by atoms with Crippen LogP contribution < -0.4 is 0 Å². The van der Waals surface area contributed by atoms with Crippen molar-refractivity contribution in [2.45, 2.75) is 0 Å². The van der Waals surface area contributed by atoms with Gasteiger partial charge < -0.3 is 4.57 Å². The van der Waals surface area contributed by atoms with Gasteiger partial charge in [-0.05, 0) is 63.7 Å². The van der Waals surface area contributed by atoms with Crippen LogP contribution in [0.3, 0.4) is 0 Å². The van der Waals surface area contributed by atoms with Gasteiger partial charge in [0, 0.05) is 42.0 Å². The average molecular weight is 526 g/mol. The number of thiophene rings is 1. The number of para-hydroxylation sites is 1. The topological polar surface area (TPSA) is 4.93 Å². The molecule has 0 unspecified atom stereocenters. The Balaban J connectivity index is 1.50. The summed E-state index contributed by atoms with van der Waals surface area (Å²) in [5.41, 5.74) is 6.20. The Kier molecular flexibility index (Phi) is 4.55. The highest BCUT2D eigenvalue weighted by molar-refractivity contribution is 7.27. The Morgan fingerprint density at radius 3 is 2.00 bits per heavy atom. The van der Waals surface area contributed by atoms with E-state index in [1.54, 1.807) is 0 Å². The van der Waals surface area contributed by atoms with E-state index < -0.39 is 0 Å². The minimum atomic E-state index is 1.19. The van der Waals surface area contributed by atoms with Gasteiger partial charge in [-0.15, -0.1) is 11.3 Å². The van der Waals surface area contributed by atoms with E-state index in [4.69, 9.17) is 0 Å². The quantitative estimate of drug-likeness (QED) is 0.211. The second-order valence-electron chi connectivity index (χ2n) is 10.5. The number of aromatic nitrogens is 1. The maximum absolute atomic E-state index is 2.49. The molecule has 2 heteroatoms. The Labute approximate surface area is 235 Å². The third kappa shape index (κ3) is 3.03. The zero-order valence-electron chi connectivity index (χ0n) is 21.6. The third-order valence-corrected chi connectivity index (χ3v) is 9.54. The van der Waals surface area contributed by atoms with Crippen LogP contribution in [0.1, 0.15) is 0 Å². The summed E-state index contributed by atoms with van der Waals surface area (Å²) in [6.07, 6.45) is 0. The van der Waals surface area contributed by atoms with Crippen LogP contribution >= 0.6 is 11.3 Å². The van der Waals surface area contributed by atoms with Gasteiger partial charge in [0.25, 0.3) is 0 Å². The van der Waals surface area contributed by atoms with Gasteiger partial charge in [0.05, 0.1) is 11.0 Å². The molecule has 0 saturated heterocycles. The molecule has 0 spiro atoms. The fourth-order valence-corrected chi connectivity index (χ4v) is 7.81. The van der Waals surface area contributed by atoms with Crippen LogP contribution in [0.15, 0.2) is 140 Å². The maximum atomic E-state index is 2.49. The molecule has 9 rings (SSSR count). The molecule has 186 valence electrons. The van der Waals surface area contributed by atoms with E-state index >= 15 is 0 Å². The molecule has 0 radical (unpaired) electrons. The van der Waals surface area contributed by atoms with Crippen LogP contribution in [-0.4, -0.2) is 4.57 Å². The lowest BCUT2D eigenvalue weighted by Gasteiger charge is -2.10. The summed E-state index contributed by atoms with van der Waals surface area (Å²) >= 11 is 1.91. The number of hydrogen-bond donors (Lipinski definition) is 0. The highest BCUT2D eigenvalue weighted by Gasteiger charge is 2.22. The largest absolute Gasteiger partial charge is 0.309 e. The maximum Gasteiger partial charge on any atom is 0.0640 e. The molecule has 0 N–H and O–H groups in total. The zero-order valence-corrected chi connectivity index (χ0v) is 22.5. The molecule has 0 saturated carbocycles. The lowest BCUT2D eigenvalue weighted by atomic mass is 9.97. The van der Waals surface area contributed by atoms with E-state index in [0.717, 1.165) is 0 Å². The second-order valence-corrected chi connectivity index (χ2v) is 11.6. The lowest BCUT2D eigenvalue weighted by Crippen LogP contribution is -1.94. The molecular weight excluding hydrogens is 502 g/mol. The number of rotatable bonds is 2. The fourth-order valence-electron chi connectivity index (χ4n) is 6.56. The van der Waals surface area contributed by atoms with E-state index in [2.05, 4.69) is 144 Å². The number of nitrogens with zero attached hydrogens (tertiary/aromatic N) is 1. The first-order chi connectivity index (χ1) is 19.8. The van der Waals surface area contributed by atoms with Crippen molar-refractivity contribution in [2.75, 3.05) is 0 Å². The highest BCUT2D eigenvalue weighted by atomic mass is 32.1. The van der Waals surface area contributed by atoms with Gasteiger partial charge in [-0.2, -0.15) is 0 Å². The minimum Gasteiger partial charge on any atom is -0.309 e. The van der Waals surface area contributed by atoms with Crippen molar-refractivity contribution in [3.8, 4) is 16.8 Å². The highest BCUT2D eigenvalue weighted by Crippen LogP contribution is 2.48. The molecular formula is C38H23NS. The molecule has 0 aliphatic rings. The predicted octanol–water partition coefficient (Wildman–Crippen LogP) is 11.1. The van der Waals surface area contributed by atoms with Gasteiger partial charge in [-0.3, -0.25) is 0 Å². The van der Waals surface area contributed by atoms with Crippen LogP contribution in [0, 0.1) is 0 Å².